The van der Waals surface area contributed by atoms with Crippen LogP contribution in [0.4, 0.5) is 0 Å². The first-order chi connectivity index (χ1) is 3.56. The summed E-state index contributed by atoms with van der Waals surface area (Å²) in [7, 11) is 0. The van der Waals surface area contributed by atoms with Gasteiger partial charge in [-0.1, -0.05) is 20.8 Å². The molecule has 0 saturated carbocycles. The molecule has 50 valence electrons. The standard InChI is InChI=1S/C7H15S.Li/c1-5-6-8-7(2,3)4;/h1,5-6H2,2-4H3;/q-1;+1. The van der Waals surface area contributed by atoms with E-state index < -0.39 is 0 Å². The Labute approximate surface area is 75.3 Å². The summed E-state index contributed by atoms with van der Waals surface area (Å²) < 4.78 is 0.428. The van der Waals surface area contributed by atoms with Crippen molar-refractivity contribution in [2.24, 2.45) is 0 Å². The fourth-order valence-corrected chi connectivity index (χ4v) is 1.14. The molecule has 0 rings (SSSR count). The Morgan fingerprint density at radius 3 is 1.89 bits per heavy atom. The molecule has 0 radical (unpaired) electrons. The molecule has 0 saturated heterocycles. The summed E-state index contributed by atoms with van der Waals surface area (Å²) in [4.78, 5) is 0. The molecule has 0 aliphatic heterocycles. The van der Waals surface area contributed by atoms with Gasteiger partial charge in [0.05, 0.1) is 0 Å². The van der Waals surface area contributed by atoms with Crippen LogP contribution in [0.25, 0.3) is 0 Å². The molecule has 0 bridgehead atoms. The van der Waals surface area contributed by atoms with Crippen LogP contribution in [0.5, 0.6) is 0 Å². The number of hydrogen-bond donors (Lipinski definition) is 0. The maximum Gasteiger partial charge on any atom is 1.00 e. The van der Waals surface area contributed by atoms with E-state index in [0.29, 0.717) is 4.75 Å². The molecule has 0 N–H and O–H groups in total. The minimum atomic E-state index is 0. The van der Waals surface area contributed by atoms with Crippen LogP contribution >= 0.6 is 11.8 Å². The number of hydrogen-bond acceptors (Lipinski definition) is 1. The molecule has 0 aromatic heterocycles. The average Bonchev–Trinajstić information content (AvgIpc) is 1.59. The molecule has 0 amide bonds. The Hall–Kier alpha value is 0.947. The third kappa shape index (κ3) is 12.2. The van der Waals surface area contributed by atoms with Gasteiger partial charge < -0.3 is 6.92 Å². The largest absolute Gasteiger partial charge is 1.00 e. The summed E-state index contributed by atoms with van der Waals surface area (Å²) in [5.41, 5.74) is 0. The summed E-state index contributed by atoms with van der Waals surface area (Å²) in [5.74, 6) is 1.18. The molecule has 0 aromatic carbocycles. The van der Waals surface area contributed by atoms with Gasteiger partial charge in [0.15, 0.2) is 0 Å². The third-order valence-corrected chi connectivity index (χ3v) is 2.04. The van der Waals surface area contributed by atoms with Gasteiger partial charge in [-0.25, -0.2) is 0 Å². The molecular formula is C7H15LiS. The number of thioether (sulfide) groups is 1. The van der Waals surface area contributed by atoms with Crippen molar-refractivity contribution in [3.63, 3.8) is 0 Å². The molecule has 0 atom stereocenters. The maximum atomic E-state index is 3.77. The summed E-state index contributed by atoms with van der Waals surface area (Å²) in [5, 5.41) is 0. The van der Waals surface area contributed by atoms with Gasteiger partial charge in [-0.2, -0.15) is 18.2 Å². The first-order valence-corrected chi connectivity index (χ1v) is 3.98. The Morgan fingerprint density at radius 2 is 1.78 bits per heavy atom. The van der Waals surface area contributed by atoms with Crippen molar-refractivity contribution in [2.75, 3.05) is 5.75 Å². The smallest absolute Gasteiger partial charge is 0.343 e. The Bertz CT molecular complexity index is 56.4. The van der Waals surface area contributed by atoms with Crippen LogP contribution in [0, 0.1) is 6.92 Å². The van der Waals surface area contributed by atoms with Gasteiger partial charge in [0.2, 0.25) is 0 Å². The molecule has 0 nitrogen and oxygen atoms in total. The van der Waals surface area contributed by atoms with Crippen LogP contribution in [0.15, 0.2) is 0 Å². The van der Waals surface area contributed by atoms with E-state index in [-0.39, 0.29) is 18.9 Å². The topological polar surface area (TPSA) is 0 Å². The van der Waals surface area contributed by atoms with E-state index >= 15 is 0 Å². The van der Waals surface area contributed by atoms with Crippen LogP contribution < -0.4 is 18.9 Å². The minimum absolute atomic E-state index is 0. The first-order valence-electron chi connectivity index (χ1n) is 2.99. The van der Waals surface area contributed by atoms with Crippen molar-refractivity contribution in [3.8, 4) is 0 Å². The third-order valence-electron chi connectivity index (χ3n) is 0.679. The van der Waals surface area contributed by atoms with E-state index in [1.54, 1.807) is 0 Å². The summed E-state index contributed by atoms with van der Waals surface area (Å²) >= 11 is 1.97. The van der Waals surface area contributed by atoms with E-state index in [1.165, 1.54) is 5.75 Å². The van der Waals surface area contributed by atoms with E-state index in [1.807, 2.05) is 11.8 Å². The zero-order chi connectivity index (χ0) is 6.62. The van der Waals surface area contributed by atoms with Crippen LogP contribution in [-0.4, -0.2) is 10.5 Å². The quantitative estimate of drug-likeness (QED) is 0.374. The van der Waals surface area contributed by atoms with E-state index in [4.69, 9.17) is 0 Å². The van der Waals surface area contributed by atoms with Crippen LogP contribution in [0.1, 0.15) is 27.2 Å². The van der Waals surface area contributed by atoms with Gasteiger partial charge in [-0.15, -0.1) is 0 Å². The zero-order valence-corrected chi connectivity index (χ0v) is 7.85. The fraction of sp³-hybridized carbons (Fsp3) is 0.857. The van der Waals surface area contributed by atoms with Crippen molar-refractivity contribution in [1.29, 1.82) is 0 Å². The molecule has 0 aromatic rings. The first kappa shape index (κ1) is 12.6. The second-order valence-electron chi connectivity index (χ2n) is 2.81. The Morgan fingerprint density at radius 1 is 1.33 bits per heavy atom. The van der Waals surface area contributed by atoms with E-state index in [0.717, 1.165) is 6.42 Å². The molecule has 0 fully saturated rings. The molecule has 0 aliphatic carbocycles. The second kappa shape index (κ2) is 5.71. The Kier molecular flexibility index (Phi) is 8.00. The average molecular weight is 138 g/mol. The van der Waals surface area contributed by atoms with Crippen LogP contribution in [-0.2, 0) is 0 Å². The zero-order valence-electron chi connectivity index (χ0n) is 7.03. The second-order valence-corrected chi connectivity index (χ2v) is 4.74. The molecule has 0 spiro atoms. The summed E-state index contributed by atoms with van der Waals surface area (Å²) in [6, 6.07) is 0. The molecule has 0 aliphatic rings. The predicted octanol–water partition coefficient (Wildman–Crippen LogP) is -0.254. The monoisotopic (exact) mass is 138 g/mol. The molecule has 9 heavy (non-hydrogen) atoms. The summed E-state index contributed by atoms with van der Waals surface area (Å²) in [6.45, 7) is 10.5. The van der Waals surface area contributed by atoms with Gasteiger partial charge in [0.1, 0.15) is 0 Å². The Balaban J connectivity index is 0. The van der Waals surface area contributed by atoms with Crippen molar-refractivity contribution < 1.29 is 18.9 Å². The molecule has 0 unspecified atom stereocenters. The summed E-state index contributed by atoms with van der Waals surface area (Å²) in [6.07, 6.45) is 1.04. The van der Waals surface area contributed by atoms with Crippen molar-refractivity contribution in [1.82, 2.24) is 0 Å². The van der Waals surface area contributed by atoms with E-state index in [9.17, 15) is 0 Å². The van der Waals surface area contributed by atoms with Gasteiger partial charge >= 0.3 is 18.9 Å². The molecule has 0 heterocycles. The van der Waals surface area contributed by atoms with Gasteiger partial charge in [-0.05, 0) is 5.75 Å². The predicted molar refractivity (Wildman–Crippen MR) is 42.2 cm³/mol. The fourth-order valence-electron chi connectivity index (χ4n) is 0.378. The minimum Gasteiger partial charge on any atom is -0.343 e. The van der Waals surface area contributed by atoms with Crippen molar-refractivity contribution >= 4 is 11.8 Å². The van der Waals surface area contributed by atoms with Gasteiger partial charge in [0.25, 0.3) is 0 Å². The molecule has 2 heteroatoms. The number of rotatable bonds is 2. The van der Waals surface area contributed by atoms with Crippen LogP contribution in [0.3, 0.4) is 0 Å². The van der Waals surface area contributed by atoms with Crippen molar-refractivity contribution in [3.05, 3.63) is 6.92 Å². The van der Waals surface area contributed by atoms with E-state index in [2.05, 4.69) is 27.7 Å². The van der Waals surface area contributed by atoms with Crippen LogP contribution in [0.2, 0.25) is 0 Å². The normalized spacial score (nSPS) is 10.7. The molecular weight excluding hydrogens is 123 g/mol. The van der Waals surface area contributed by atoms with Gasteiger partial charge in [0, 0.05) is 4.75 Å². The maximum absolute atomic E-state index is 3.77. The van der Waals surface area contributed by atoms with Gasteiger partial charge in [-0.3, -0.25) is 0 Å². The SMILES string of the molecule is [CH2-]CCSC(C)(C)C.[Li+]. The van der Waals surface area contributed by atoms with Crippen molar-refractivity contribution in [2.45, 2.75) is 31.9 Å².